The van der Waals surface area contributed by atoms with Gasteiger partial charge in [-0.15, -0.1) is 0 Å². The van der Waals surface area contributed by atoms with Gasteiger partial charge in [-0.1, -0.05) is 12.8 Å². The monoisotopic (exact) mass is 199 g/mol. The number of nitrogens with two attached hydrogens (primary N) is 1. The second-order valence-electron chi connectivity index (χ2n) is 4.30. The van der Waals surface area contributed by atoms with Gasteiger partial charge in [0.15, 0.2) is 0 Å². The van der Waals surface area contributed by atoms with Crippen LogP contribution in [0.5, 0.6) is 0 Å². The van der Waals surface area contributed by atoms with Gasteiger partial charge in [-0.3, -0.25) is 0 Å². The summed E-state index contributed by atoms with van der Waals surface area (Å²) in [7, 11) is 5.39. The Morgan fingerprint density at radius 3 is 2.29 bits per heavy atom. The zero-order valence-corrected chi connectivity index (χ0v) is 9.36. The van der Waals surface area contributed by atoms with E-state index in [4.69, 9.17) is 5.73 Å². The molecule has 0 heterocycles. The molecule has 4 nitrogen and oxygen atoms in total. The third kappa shape index (κ3) is 2.38. The molecule has 1 rings (SSSR count). The van der Waals surface area contributed by atoms with Crippen LogP contribution < -0.4 is 5.73 Å². The lowest BCUT2D eigenvalue weighted by atomic mass is 9.90. The SMILES string of the molecule is CN(C)C(=O)N(C)C1CCCCC1N. The molecule has 0 spiro atoms. The molecule has 0 radical (unpaired) electrons. The maximum atomic E-state index is 11.7. The van der Waals surface area contributed by atoms with Crippen LogP contribution in [0.4, 0.5) is 4.79 Å². The first-order chi connectivity index (χ1) is 6.54. The Morgan fingerprint density at radius 2 is 1.79 bits per heavy atom. The van der Waals surface area contributed by atoms with Gasteiger partial charge in [0.05, 0.1) is 0 Å². The van der Waals surface area contributed by atoms with Gasteiger partial charge in [-0.05, 0) is 12.8 Å². The first-order valence-corrected chi connectivity index (χ1v) is 5.23. The third-order valence-corrected chi connectivity index (χ3v) is 2.96. The topological polar surface area (TPSA) is 49.6 Å². The van der Waals surface area contributed by atoms with Gasteiger partial charge in [0.25, 0.3) is 0 Å². The van der Waals surface area contributed by atoms with Crippen molar-refractivity contribution in [3.8, 4) is 0 Å². The predicted octanol–water partition coefficient (Wildman–Crippen LogP) is 0.870. The summed E-state index contributed by atoms with van der Waals surface area (Å²) >= 11 is 0. The van der Waals surface area contributed by atoms with Gasteiger partial charge < -0.3 is 15.5 Å². The number of urea groups is 1. The van der Waals surface area contributed by atoms with Crippen molar-refractivity contribution in [1.29, 1.82) is 0 Å². The highest BCUT2D eigenvalue weighted by Gasteiger charge is 2.28. The maximum Gasteiger partial charge on any atom is 0.319 e. The molecule has 1 fully saturated rings. The fraction of sp³-hybridized carbons (Fsp3) is 0.900. The summed E-state index contributed by atoms with van der Waals surface area (Å²) < 4.78 is 0. The zero-order valence-electron chi connectivity index (χ0n) is 9.36. The van der Waals surface area contributed by atoms with Gasteiger partial charge in [-0.2, -0.15) is 0 Å². The second kappa shape index (κ2) is 4.64. The van der Waals surface area contributed by atoms with E-state index in [0.29, 0.717) is 0 Å². The Balaban J connectivity index is 2.57. The van der Waals surface area contributed by atoms with Crippen LogP contribution in [0.15, 0.2) is 0 Å². The van der Waals surface area contributed by atoms with E-state index in [0.717, 1.165) is 12.8 Å². The second-order valence-corrected chi connectivity index (χ2v) is 4.30. The minimum atomic E-state index is 0.0485. The van der Waals surface area contributed by atoms with Crippen molar-refractivity contribution in [3.63, 3.8) is 0 Å². The van der Waals surface area contributed by atoms with Crippen molar-refractivity contribution in [1.82, 2.24) is 9.80 Å². The molecule has 2 unspecified atom stereocenters. The van der Waals surface area contributed by atoms with Crippen LogP contribution >= 0.6 is 0 Å². The minimum absolute atomic E-state index is 0.0485. The normalized spacial score (nSPS) is 27.1. The smallest absolute Gasteiger partial charge is 0.319 e. The molecular formula is C10H21N3O. The van der Waals surface area contributed by atoms with Gasteiger partial charge >= 0.3 is 6.03 Å². The van der Waals surface area contributed by atoms with Gasteiger partial charge in [0, 0.05) is 33.2 Å². The Labute approximate surface area is 86.0 Å². The van der Waals surface area contributed by atoms with Crippen LogP contribution in [-0.2, 0) is 0 Å². The quantitative estimate of drug-likeness (QED) is 0.681. The highest BCUT2D eigenvalue weighted by molar-refractivity contribution is 5.73. The highest BCUT2D eigenvalue weighted by atomic mass is 16.2. The van der Waals surface area contributed by atoms with E-state index >= 15 is 0 Å². The summed E-state index contributed by atoms with van der Waals surface area (Å²) in [6, 6.07) is 0.420. The van der Waals surface area contributed by atoms with Crippen LogP contribution in [0.2, 0.25) is 0 Å². The summed E-state index contributed by atoms with van der Waals surface area (Å²) in [6.45, 7) is 0. The summed E-state index contributed by atoms with van der Waals surface area (Å²) in [4.78, 5) is 15.1. The Bertz CT molecular complexity index is 206. The molecule has 0 aliphatic heterocycles. The molecule has 1 aliphatic rings. The largest absolute Gasteiger partial charge is 0.331 e. The summed E-state index contributed by atoms with van der Waals surface area (Å²) in [5.74, 6) is 0. The number of likely N-dealkylation sites (N-methyl/N-ethyl adjacent to an activating group) is 1. The summed E-state index contributed by atoms with van der Waals surface area (Å²) in [6.07, 6.45) is 4.46. The molecule has 2 amide bonds. The first kappa shape index (κ1) is 11.3. The molecule has 82 valence electrons. The van der Waals surface area contributed by atoms with Crippen LogP contribution in [0.1, 0.15) is 25.7 Å². The highest BCUT2D eigenvalue weighted by Crippen LogP contribution is 2.21. The number of amides is 2. The standard InChI is InChI=1S/C10H21N3O/c1-12(2)10(14)13(3)9-7-5-4-6-8(9)11/h8-9H,4-7,11H2,1-3H3. The van der Waals surface area contributed by atoms with Crippen molar-refractivity contribution < 1.29 is 4.79 Å². The predicted molar refractivity (Wildman–Crippen MR) is 57.1 cm³/mol. The number of hydrogen-bond acceptors (Lipinski definition) is 2. The molecule has 0 bridgehead atoms. The minimum Gasteiger partial charge on any atom is -0.331 e. The van der Waals surface area contributed by atoms with Gasteiger partial charge in [0.2, 0.25) is 0 Å². The van der Waals surface area contributed by atoms with Crippen molar-refractivity contribution in [2.75, 3.05) is 21.1 Å². The fourth-order valence-electron chi connectivity index (χ4n) is 2.08. The molecule has 0 aromatic carbocycles. The molecule has 1 aliphatic carbocycles. The van der Waals surface area contributed by atoms with E-state index in [1.165, 1.54) is 12.8 Å². The maximum absolute atomic E-state index is 11.7. The van der Waals surface area contributed by atoms with Crippen LogP contribution in [0.25, 0.3) is 0 Å². The molecule has 4 heteroatoms. The van der Waals surface area contributed by atoms with Crippen molar-refractivity contribution in [2.45, 2.75) is 37.8 Å². The van der Waals surface area contributed by atoms with Crippen LogP contribution in [0.3, 0.4) is 0 Å². The third-order valence-electron chi connectivity index (χ3n) is 2.96. The molecule has 14 heavy (non-hydrogen) atoms. The van der Waals surface area contributed by atoms with E-state index in [1.807, 2.05) is 7.05 Å². The number of carbonyl (C=O) groups is 1. The van der Waals surface area contributed by atoms with E-state index in [2.05, 4.69) is 0 Å². The fourth-order valence-corrected chi connectivity index (χ4v) is 2.08. The molecule has 0 aromatic heterocycles. The Morgan fingerprint density at radius 1 is 1.21 bits per heavy atom. The van der Waals surface area contributed by atoms with E-state index in [1.54, 1.807) is 23.9 Å². The van der Waals surface area contributed by atoms with Crippen molar-refractivity contribution >= 4 is 6.03 Å². The van der Waals surface area contributed by atoms with Crippen molar-refractivity contribution in [2.24, 2.45) is 5.73 Å². The van der Waals surface area contributed by atoms with Crippen LogP contribution in [-0.4, -0.2) is 49.1 Å². The number of rotatable bonds is 1. The lowest BCUT2D eigenvalue weighted by molar-refractivity contribution is 0.141. The van der Waals surface area contributed by atoms with Crippen LogP contribution in [0, 0.1) is 0 Å². The molecule has 0 saturated heterocycles. The molecular weight excluding hydrogens is 178 g/mol. The first-order valence-electron chi connectivity index (χ1n) is 5.23. The number of nitrogens with zero attached hydrogens (tertiary/aromatic N) is 2. The number of hydrogen-bond donors (Lipinski definition) is 1. The molecule has 2 N–H and O–H groups in total. The zero-order chi connectivity index (χ0) is 10.7. The Hall–Kier alpha value is -0.770. The van der Waals surface area contributed by atoms with E-state index < -0.39 is 0 Å². The molecule has 0 aromatic rings. The molecule has 2 atom stereocenters. The lowest BCUT2D eigenvalue weighted by Gasteiger charge is -2.37. The van der Waals surface area contributed by atoms with E-state index in [-0.39, 0.29) is 18.1 Å². The summed E-state index contributed by atoms with van der Waals surface area (Å²) in [5, 5.41) is 0. The summed E-state index contributed by atoms with van der Waals surface area (Å²) in [5.41, 5.74) is 6.01. The average molecular weight is 199 g/mol. The van der Waals surface area contributed by atoms with Gasteiger partial charge in [-0.25, -0.2) is 4.79 Å². The number of carbonyl (C=O) groups excluding carboxylic acids is 1. The Kier molecular flexibility index (Phi) is 3.75. The molecule has 1 saturated carbocycles. The lowest BCUT2D eigenvalue weighted by Crippen LogP contribution is -2.52. The van der Waals surface area contributed by atoms with E-state index in [9.17, 15) is 4.79 Å². The average Bonchev–Trinajstić information content (AvgIpc) is 2.16. The van der Waals surface area contributed by atoms with Gasteiger partial charge in [0.1, 0.15) is 0 Å². The van der Waals surface area contributed by atoms with Crippen molar-refractivity contribution in [3.05, 3.63) is 0 Å².